The lowest BCUT2D eigenvalue weighted by atomic mass is 10.1. The Balaban J connectivity index is 2.86. The monoisotopic (exact) mass is 183 g/mol. The van der Waals surface area contributed by atoms with Crippen molar-refractivity contribution in [2.45, 2.75) is 13.8 Å². The van der Waals surface area contributed by atoms with Crippen LogP contribution in [0.3, 0.4) is 0 Å². The minimum absolute atomic E-state index is 0.946. The second kappa shape index (κ2) is 3.83. The summed E-state index contributed by atoms with van der Waals surface area (Å²) < 4.78 is 13.7. The normalized spacial score (nSPS) is 12.7. The summed E-state index contributed by atoms with van der Waals surface area (Å²) in [6, 6.07) is 6.02. The van der Waals surface area contributed by atoms with E-state index in [-0.39, 0.29) is 0 Å². The van der Waals surface area contributed by atoms with E-state index in [9.17, 15) is 4.55 Å². The van der Waals surface area contributed by atoms with Crippen LogP contribution in [-0.4, -0.2) is 10.8 Å². The first-order valence-corrected chi connectivity index (χ1v) is 5.33. The van der Waals surface area contributed by atoms with Gasteiger partial charge in [-0.15, -0.1) is 0 Å². The van der Waals surface area contributed by atoms with Gasteiger partial charge >= 0.3 is 0 Å². The van der Waals surface area contributed by atoms with E-state index >= 15 is 0 Å². The van der Waals surface area contributed by atoms with Crippen LogP contribution in [0.5, 0.6) is 0 Å². The largest absolute Gasteiger partial charge is 0.593 e. The molecule has 0 bridgehead atoms. The van der Waals surface area contributed by atoms with E-state index < -0.39 is 11.4 Å². The van der Waals surface area contributed by atoms with E-state index in [1.807, 2.05) is 26.0 Å². The molecule has 1 aromatic rings. The van der Waals surface area contributed by atoms with Crippen LogP contribution in [0.2, 0.25) is 0 Å². The van der Waals surface area contributed by atoms with Crippen LogP contribution in [0, 0.1) is 13.8 Å². The van der Waals surface area contributed by atoms with Gasteiger partial charge in [-0.3, -0.25) is 0 Å². The molecule has 0 aromatic heterocycles. The molecule has 0 aliphatic carbocycles. The summed E-state index contributed by atoms with van der Waals surface area (Å²) in [5.74, 6) is 0. The molecule has 1 N–H and O–H groups in total. The van der Waals surface area contributed by atoms with Crippen molar-refractivity contribution in [3.05, 3.63) is 29.3 Å². The van der Waals surface area contributed by atoms with E-state index in [0.717, 1.165) is 11.3 Å². The molecular weight excluding hydrogens is 170 g/mol. The fourth-order valence-corrected chi connectivity index (χ4v) is 1.62. The Morgan fingerprint density at radius 3 is 2.50 bits per heavy atom. The van der Waals surface area contributed by atoms with Gasteiger partial charge in [-0.05, 0) is 25.5 Å². The standard InChI is InChI=1S/C9H13NOS/c1-7-4-5-9(8(2)6-7)10-12(3)11/h4-6,10H,1-3H3. The van der Waals surface area contributed by atoms with E-state index in [2.05, 4.69) is 10.8 Å². The predicted molar refractivity (Wildman–Crippen MR) is 53.6 cm³/mol. The zero-order chi connectivity index (χ0) is 9.14. The highest BCUT2D eigenvalue weighted by molar-refractivity contribution is 7.92. The van der Waals surface area contributed by atoms with Crippen molar-refractivity contribution in [3.8, 4) is 0 Å². The Kier molecular flexibility index (Phi) is 3.00. The molecule has 12 heavy (non-hydrogen) atoms. The molecule has 0 fully saturated rings. The number of anilines is 1. The number of hydrogen-bond acceptors (Lipinski definition) is 2. The Morgan fingerprint density at radius 2 is 2.00 bits per heavy atom. The number of aryl methyl sites for hydroxylation is 2. The molecule has 1 unspecified atom stereocenters. The highest BCUT2D eigenvalue weighted by atomic mass is 32.2. The zero-order valence-electron chi connectivity index (χ0n) is 7.55. The molecule has 0 amide bonds. The second-order valence-corrected chi connectivity index (χ2v) is 3.99. The first-order chi connectivity index (χ1) is 5.59. The molecule has 3 heteroatoms. The molecule has 1 atom stereocenters. The molecule has 2 nitrogen and oxygen atoms in total. The first-order valence-electron chi connectivity index (χ1n) is 3.77. The van der Waals surface area contributed by atoms with Gasteiger partial charge in [-0.2, -0.15) is 0 Å². The molecule has 0 heterocycles. The third-order valence-corrected chi connectivity index (χ3v) is 2.14. The molecule has 0 spiro atoms. The van der Waals surface area contributed by atoms with Gasteiger partial charge in [0.2, 0.25) is 0 Å². The third kappa shape index (κ3) is 2.43. The van der Waals surface area contributed by atoms with Gasteiger partial charge in [0.15, 0.2) is 0 Å². The van der Waals surface area contributed by atoms with E-state index in [1.54, 1.807) is 6.26 Å². The van der Waals surface area contributed by atoms with Gasteiger partial charge in [0.1, 0.15) is 6.26 Å². The maximum absolute atomic E-state index is 10.9. The molecule has 0 saturated heterocycles. The highest BCUT2D eigenvalue weighted by Gasteiger charge is 2.01. The molecule has 0 aliphatic rings. The number of benzene rings is 1. The average molecular weight is 183 g/mol. The quantitative estimate of drug-likeness (QED) is 0.712. The molecule has 66 valence electrons. The Hall–Kier alpha value is -0.670. The van der Waals surface area contributed by atoms with Gasteiger partial charge < -0.3 is 4.55 Å². The summed E-state index contributed by atoms with van der Waals surface area (Å²) in [7, 11) is 0. The fraction of sp³-hybridized carbons (Fsp3) is 0.333. The zero-order valence-corrected chi connectivity index (χ0v) is 8.37. The average Bonchev–Trinajstić information content (AvgIpc) is 1.94. The van der Waals surface area contributed by atoms with Crippen molar-refractivity contribution in [1.82, 2.24) is 0 Å². The lowest BCUT2D eigenvalue weighted by Crippen LogP contribution is -2.10. The summed E-state index contributed by atoms with van der Waals surface area (Å²) in [4.78, 5) is 0. The molecule has 1 rings (SSSR count). The number of nitrogens with one attached hydrogen (secondary N) is 1. The van der Waals surface area contributed by atoms with E-state index in [4.69, 9.17) is 0 Å². The van der Waals surface area contributed by atoms with Crippen LogP contribution in [-0.2, 0) is 11.4 Å². The van der Waals surface area contributed by atoms with Gasteiger partial charge in [0.25, 0.3) is 0 Å². The van der Waals surface area contributed by atoms with Gasteiger partial charge in [0, 0.05) is 0 Å². The Morgan fingerprint density at radius 1 is 1.33 bits per heavy atom. The van der Waals surface area contributed by atoms with Gasteiger partial charge in [-0.1, -0.05) is 17.7 Å². The Bertz CT molecular complexity index is 273. The summed E-state index contributed by atoms with van der Waals surface area (Å²) in [5.41, 5.74) is 3.30. The molecule has 0 radical (unpaired) electrons. The molecule has 0 saturated carbocycles. The lowest BCUT2D eigenvalue weighted by molar-refractivity contribution is 0.605. The fourth-order valence-electron chi connectivity index (χ4n) is 1.08. The summed E-state index contributed by atoms with van der Waals surface area (Å²) >= 11 is -0.983. The second-order valence-electron chi connectivity index (χ2n) is 2.87. The topological polar surface area (TPSA) is 35.1 Å². The first kappa shape index (κ1) is 9.42. The maximum atomic E-state index is 10.9. The summed E-state index contributed by atoms with van der Waals surface area (Å²) in [6.07, 6.45) is 1.62. The summed E-state index contributed by atoms with van der Waals surface area (Å²) in [6.45, 7) is 4.04. The maximum Gasteiger partial charge on any atom is 0.121 e. The lowest BCUT2D eigenvalue weighted by Gasteiger charge is -2.09. The Labute approximate surface area is 76.3 Å². The van der Waals surface area contributed by atoms with Crippen LogP contribution >= 0.6 is 0 Å². The van der Waals surface area contributed by atoms with Crippen LogP contribution < -0.4 is 4.72 Å². The molecule has 1 aromatic carbocycles. The van der Waals surface area contributed by atoms with E-state index in [1.165, 1.54) is 5.56 Å². The predicted octanol–water partition coefficient (Wildman–Crippen LogP) is 2.01. The van der Waals surface area contributed by atoms with Crippen molar-refractivity contribution in [1.29, 1.82) is 0 Å². The van der Waals surface area contributed by atoms with Crippen molar-refractivity contribution < 1.29 is 4.55 Å². The minimum Gasteiger partial charge on any atom is -0.593 e. The smallest absolute Gasteiger partial charge is 0.121 e. The summed E-state index contributed by atoms with van der Waals surface area (Å²) in [5, 5.41) is 0. The third-order valence-electron chi connectivity index (χ3n) is 1.64. The molecular formula is C9H13NOS. The number of hydrogen-bond donors (Lipinski definition) is 1. The van der Waals surface area contributed by atoms with Crippen LogP contribution in [0.15, 0.2) is 18.2 Å². The van der Waals surface area contributed by atoms with Crippen LogP contribution in [0.25, 0.3) is 0 Å². The van der Waals surface area contributed by atoms with Crippen LogP contribution in [0.4, 0.5) is 5.69 Å². The van der Waals surface area contributed by atoms with Crippen molar-refractivity contribution in [2.24, 2.45) is 0 Å². The molecule has 0 aliphatic heterocycles. The van der Waals surface area contributed by atoms with Crippen molar-refractivity contribution in [3.63, 3.8) is 0 Å². The van der Waals surface area contributed by atoms with Crippen molar-refractivity contribution >= 4 is 17.0 Å². The highest BCUT2D eigenvalue weighted by Crippen LogP contribution is 2.16. The van der Waals surface area contributed by atoms with Crippen molar-refractivity contribution in [2.75, 3.05) is 11.0 Å². The minimum atomic E-state index is -0.983. The van der Waals surface area contributed by atoms with Crippen LogP contribution in [0.1, 0.15) is 11.1 Å². The number of rotatable bonds is 2. The SMILES string of the molecule is Cc1ccc(N[S+](C)[O-])c(C)c1. The van der Waals surface area contributed by atoms with Gasteiger partial charge in [-0.25, -0.2) is 4.72 Å². The van der Waals surface area contributed by atoms with Gasteiger partial charge in [0.05, 0.1) is 17.0 Å². The van der Waals surface area contributed by atoms with E-state index in [0.29, 0.717) is 0 Å².